The molecule has 0 rings (SSSR count). The first-order chi connectivity index (χ1) is 6.61. The number of rotatable bonds is 7. The lowest BCUT2D eigenvalue weighted by Gasteiger charge is -2.14. The van der Waals surface area contributed by atoms with Gasteiger partial charge in [0.25, 0.3) is 0 Å². The zero-order valence-corrected chi connectivity index (χ0v) is 9.86. The van der Waals surface area contributed by atoms with Gasteiger partial charge in [0.2, 0.25) is 5.91 Å². The summed E-state index contributed by atoms with van der Waals surface area (Å²) in [4.78, 5) is 11.6. The third kappa shape index (κ3) is 6.03. The topological polar surface area (TPSA) is 29.1 Å². The van der Waals surface area contributed by atoms with E-state index in [-0.39, 0.29) is 11.8 Å². The zero-order chi connectivity index (χ0) is 11.0. The molecule has 3 heteroatoms. The van der Waals surface area contributed by atoms with Crippen LogP contribution in [0.25, 0.3) is 0 Å². The molecule has 0 saturated carbocycles. The van der Waals surface area contributed by atoms with Crippen molar-refractivity contribution in [1.82, 2.24) is 5.32 Å². The van der Waals surface area contributed by atoms with Gasteiger partial charge in [-0.05, 0) is 12.8 Å². The highest BCUT2D eigenvalue weighted by molar-refractivity contribution is 6.29. The van der Waals surface area contributed by atoms with E-state index in [1.54, 1.807) is 0 Å². The minimum Gasteiger partial charge on any atom is -0.351 e. The standard InChI is InChI=1S/C11H20ClNO/c1-4-6-10(7-5-2)11(14)13-8-9(3)12/h10H,3-8H2,1-2H3,(H,13,14). The third-order valence-electron chi connectivity index (χ3n) is 2.10. The van der Waals surface area contributed by atoms with Crippen LogP contribution >= 0.6 is 11.6 Å². The summed E-state index contributed by atoms with van der Waals surface area (Å²) >= 11 is 5.57. The van der Waals surface area contributed by atoms with Crippen LogP contribution in [0.1, 0.15) is 39.5 Å². The lowest BCUT2D eigenvalue weighted by atomic mass is 9.97. The van der Waals surface area contributed by atoms with Gasteiger partial charge in [-0.3, -0.25) is 4.79 Å². The van der Waals surface area contributed by atoms with Crippen molar-refractivity contribution < 1.29 is 4.79 Å². The Hall–Kier alpha value is -0.500. The molecule has 14 heavy (non-hydrogen) atoms. The van der Waals surface area contributed by atoms with E-state index in [4.69, 9.17) is 11.6 Å². The molecule has 0 radical (unpaired) electrons. The average Bonchev–Trinajstić information content (AvgIpc) is 2.14. The fraction of sp³-hybridized carbons (Fsp3) is 0.727. The van der Waals surface area contributed by atoms with Crippen molar-refractivity contribution in [2.75, 3.05) is 6.54 Å². The zero-order valence-electron chi connectivity index (χ0n) is 9.11. The summed E-state index contributed by atoms with van der Waals surface area (Å²) in [7, 11) is 0. The molecule has 0 heterocycles. The number of hydrogen-bond donors (Lipinski definition) is 1. The molecule has 1 amide bonds. The van der Waals surface area contributed by atoms with Gasteiger partial charge in [-0.1, -0.05) is 44.9 Å². The Kier molecular flexibility index (Phi) is 7.58. The Balaban J connectivity index is 3.94. The molecule has 0 aliphatic carbocycles. The van der Waals surface area contributed by atoms with Crippen molar-refractivity contribution in [3.05, 3.63) is 11.6 Å². The average molecular weight is 218 g/mol. The van der Waals surface area contributed by atoms with Crippen LogP contribution in [0.5, 0.6) is 0 Å². The molecular formula is C11H20ClNO. The summed E-state index contributed by atoms with van der Waals surface area (Å²) in [6.45, 7) is 8.10. The minimum absolute atomic E-state index is 0.107. The van der Waals surface area contributed by atoms with Crippen LogP contribution in [-0.2, 0) is 4.79 Å². The maximum atomic E-state index is 11.6. The predicted octanol–water partition coefficient (Wildman–Crippen LogP) is 3.07. The van der Waals surface area contributed by atoms with E-state index in [1.165, 1.54) is 0 Å². The molecule has 0 aliphatic heterocycles. The molecule has 0 aromatic rings. The molecule has 1 N–H and O–H groups in total. The van der Waals surface area contributed by atoms with Gasteiger partial charge in [-0.15, -0.1) is 0 Å². The fourth-order valence-electron chi connectivity index (χ4n) is 1.43. The van der Waals surface area contributed by atoms with Crippen molar-refractivity contribution in [3.63, 3.8) is 0 Å². The van der Waals surface area contributed by atoms with Crippen LogP contribution in [0.4, 0.5) is 0 Å². The van der Waals surface area contributed by atoms with Gasteiger partial charge in [0.05, 0.1) is 6.54 Å². The number of hydrogen-bond acceptors (Lipinski definition) is 1. The molecule has 0 aromatic carbocycles. The van der Waals surface area contributed by atoms with Gasteiger partial charge in [0.1, 0.15) is 0 Å². The van der Waals surface area contributed by atoms with Crippen LogP contribution in [0.2, 0.25) is 0 Å². The smallest absolute Gasteiger partial charge is 0.223 e. The van der Waals surface area contributed by atoms with E-state index in [1.807, 2.05) is 0 Å². The normalized spacial score (nSPS) is 10.3. The second-order valence-corrected chi connectivity index (χ2v) is 4.04. The van der Waals surface area contributed by atoms with Gasteiger partial charge >= 0.3 is 0 Å². The van der Waals surface area contributed by atoms with Crippen LogP contribution in [0.3, 0.4) is 0 Å². The van der Waals surface area contributed by atoms with Crippen molar-refractivity contribution in [2.24, 2.45) is 5.92 Å². The molecule has 0 fully saturated rings. The first-order valence-corrected chi connectivity index (χ1v) is 5.60. The van der Waals surface area contributed by atoms with Crippen molar-refractivity contribution in [3.8, 4) is 0 Å². The Morgan fingerprint density at radius 1 is 1.36 bits per heavy atom. The van der Waals surface area contributed by atoms with Gasteiger partial charge in [-0.25, -0.2) is 0 Å². The molecule has 0 aliphatic rings. The van der Waals surface area contributed by atoms with Crippen molar-refractivity contribution in [1.29, 1.82) is 0 Å². The highest BCUT2D eigenvalue weighted by atomic mass is 35.5. The van der Waals surface area contributed by atoms with Gasteiger partial charge in [-0.2, -0.15) is 0 Å². The van der Waals surface area contributed by atoms with E-state index in [9.17, 15) is 4.79 Å². The Labute approximate surface area is 91.7 Å². The van der Waals surface area contributed by atoms with Gasteiger partial charge in [0, 0.05) is 11.0 Å². The minimum atomic E-state index is 0.107. The maximum Gasteiger partial charge on any atom is 0.223 e. The molecule has 0 aromatic heterocycles. The Bertz CT molecular complexity index is 186. The van der Waals surface area contributed by atoms with E-state index in [0.717, 1.165) is 25.7 Å². The van der Waals surface area contributed by atoms with Gasteiger partial charge < -0.3 is 5.32 Å². The number of halogens is 1. The lowest BCUT2D eigenvalue weighted by molar-refractivity contribution is -0.125. The van der Waals surface area contributed by atoms with E-state index in [2.05, 4.69) is 25.7 Å². The van der Waals surface area contributed by atoms with E-state index < -0.39 is 0 Å². The molecule has 0 unspecified atom stereocenters. The quantitative estimate of drug-likeness (QED) is 0.698. The molecule has 2 nitrogen and oxygen atoms in total. The van der Waals surface area contributed by atoms with Crippen LogP contribution in [-0.4, -0.2) is 12.5 Å². The Morgan fingerprint density at radius 2 is 1.86 bits per heavy atom. The molecular weight excluding hydrogens is 198 g/mol. The molecule has 0 spiro atoms. The van der Waals surface area contributed by atoms with Crippen LogP contribution in [0.15, 0.2) is 11.6 Å². The molecule has 0 saturated heterocycles. The number of amides is 1. The summed E-state index contributed by atoms with van der Waals surface area (Å²) in [5.41, 5.74) is 0. The maximum absolute atomic E-state index is 11.6. The summed E-state index contributed by atoms with van der Waals surface area (Å²) in [6.07, 6.45) is 3.99. The summed E-state index contributed by atoms with van der Waals surface area (Å²) < 4.78 is 0. The SMILES string of the molecule is C=C(Cl)CNC(=O)C(CCC)CCC. The summed E-state index contributed by atoms with van der Waals surface area (Å²) in [5.74, 6) is 0.247. The lowest BCUT2D eigenvalue weighted by Crippen LogP contribution is -2.31. The fourth-order valence-corrected chi connectivity index (χ4v) is 1.50. The molecule has 82 valence electrons. The number of nitrogens with one attached hydrogen (secondary N) is 1. The second-order valence-electron chi connectivity index (χ2n) is 3.51. The largest absolute Gasteiger partial charge is 0.351 e. The van der Waals surface area contributed by atoms with Crippen LogP contribution < -0.4 is 5.32 Å². The highest BCUT2D eigenvalue weighted by Crippen LogP contribution is 2.13. The third-order valence-corrected chi connectivity index (χ3v) is 2.23. The van der Waals surface area contributed by atoms with Gasteiger partial charge in [0.15, 0.2) is 0 Å². The number of carbonyl (C=O) groups is 1. The molecule has 0 atom stereocenters. The predicted molar refractivity (Wildman–Crippen MR) is 61.3 cm³/mol. The first kappa shape index (κ1) is 13.5. The van der Waals surface area contributed by atoms with E-state index in [0.29, 0.717) is 11.6 Å². The number of carbonyl (C=O) groups excluding carboxylic acids is 1. The summed E-state index contributed by atoms with van der Waals surface area (Å²) in [5, 5.41) is 3.26. The summed E-state index contributed by atoms with van der Waals surface area (Å²) in [6, 6.07) is 0. The highest BCUT2D eigenvalue weighted by Gasteiger charge is 2.15. The van der Waals surface area contributed by atoms with E-state index >= 15 is 0 Å². The monoisotopic (exact) mass is 217 g/mol. The van der Waals surface area contributed by atoms with Crippen LogP contribution in [0, 0.1) is 5.92 Å². The second kappa shape index (κ2) is 7.86. The Morgan fingerprint density at radius 3 is 2.21 bits per heavy atom. The molecule has 0 bridgehead atoms. The first-order valence-electron chi connectivity index (χ1n) is 5.22. The van der Waals surface area contributed by atoms with Crippen molar-refractivity contribution in [2.45, 2.75) is 39.5 Å². The van der Waals surface area contributed by atoms with Crippen molar-refractivity contribution >= 4 is 17.5 Å².